The molecule has 0 spiro atoms. The Hall–Kier alpha value is -2.38. The summed E-state index contributed by atoms with van der Waals surface area (Å²) in [7, 11) is -3.41. The highest BCUT2D eigenvalue weighted by atomic mass is 32.2. The Kier molecular flexibility index (Phi) is 9.32. The monoisotopic (exact) mass is 471 g/mol. The number of nitrogens with zero attached hydrogens (tertiary/aromatic N) is 2. The van der Waals surface area contributed by atoms with Crippen LogP contribution in [0.4, 0.5) is 5.69 Å². The first kappa shape index (κ1) is 25.2. The van der Waals surface area contributed by atoms with Gasteiger partial charge in [0.05, 0.1) is 11.9 Å². The molecule has 1 aliphatic rings. The maximum atomic E-state index is 12.3. The van der Waals surface area contributed by atoms with Gasteiger partial charge in [0.2, 0.25) is 15.9 Å². The second-order valence-electron chi connectivity index (χ2n) is 8.89. The third-order valence-electron chi connectivity index (χ3n) is 6.17. The van der Waals surface area contributed by atoms with Crippen LogP contribution in [0.2, 0.25) is 0 Å². The van der Waals surface area contributed by atoms with Crippen LogP contribution in [-0.2, 0) is 34.3 Å². The Labute approximate surface area is 199 Å². The van der Waals surface area contributed by atoms with Gasteiger partial charge in [0.25, 0.3) is 0 Å². The fourth-order valence-electron chi connectivity index (χ4n) is 4.19. The lowest BCUT2D eigenvalue weighted by molar-refractivity contribution is -0.121. The van der Waals surface area contributed by atoms with Crippen molar-refractivity contribution in [3.05, 3.63) is 65.2 Å². The molecule has 0 saturated carbocycles. The van der Waals surface area contributed by atoms with Gasteiger partial charge in [-0.05, 0) is 67.6 Å². The lowest BCUT2D eigenvalue weighted by Crippen LogP contribution is -2.32. The van der Waals surface area contributed by atoms with Crippen LogP contribution in [-0.4, -0.2) is 45.1 Å². The average Bonchev–Trinajstić information content (AvgIpc) is 2.81. The average molecular weight is 472 g/mol. The zero-order chi connectivity index (χ0) is 23.7. The van der Waals surface area contributed by atoms with Crippen molar-refractivity contribution < 1.29 is 13.2 Å². The molecule has 2 aromatic carbocycles. The summed E-state index contributed by atoms with van der Waals surface area (Å²) in [6, 6.07) is 16.0. The van der Waals surface area contributed by atoms with Gasteiger partial charge >= 0.3 is 0 Å². The summed E-state index contributed by atoms with van der Waals surface area (Å²) >= 11 is 0. The van der Waals surface area contributed by atoms with Gasteiger partial charge in [0, 0.05) is 26.1 Å². The summed E-state index contributed by atoms with van der Waals surface area (Å²) in [4.78, 5) is 14.8. The van der Waals surface area contributed by atoms with Crippen LogP contribution in [0.3, 0.4) is 0 Å². The van der Waals surface area contributed by atoms with E-state index in [2.05, 4.69) is 41.4 Å². The standard InChI is InChI=1S/C26H37N3O3S/c1-3-22-13-15-25(16-14-22)29(33(2,31)32)19-7-8-26(30)27-20-23-9-11-24(12-10-23)21-28-17-5-4-6-18-28/h9-16H,3-8,17-21H2,1-2H3,(H,27,30). The van der Waals surface area contributed by atoms with Crippen molar-refractivity contribution in [1.82, 2.24) is 10.2 Å². The van der Waals surface area contributed by atoms with Crippen molar-refractivity contribution in [2.75, 3.05) is 30.2 Å². The molecule has 0 atom stereocenters. The fraction of sp³-hybridized carbons (Fsp3) is 0.500. The second kappa shape index (κ2) is 12.2. The first-order valence-corrected chi connectivity index (χ1v) is 13.8. The van der Waals surface area contributed by atoms with Gasteiger partial charge in [-0.1, -0.05) is 49.7 Å². The molecule has 0 bridgehead atoms. The predicted molar refractivity (Wildman–Crippen MR) is 135 cm³/mol. The molecular formula is C26H37N3O3S. The summed E-state index contributed by atoms with van der Waals surface area (Å²) < 4.78 is 25.9. The number of sulfonamides is 1. The van der Waals surface area contributed by atoms with Gasteiger partial charge in [-0.15, -0.1) is 0 Å². The van der Waals surface area contributed by atoms with Crippen molar-refractivity contribution in [3.8, 4) is 0 Å². The molecule has 0 unspecified atom stereocenters. The van der Waals surface area contributed by atoms with Gasteiger partial charge < -0.3 is 5.32 Å². The lowest BCUT2D eigenvalue weighted by Gasteiger charge is -2.26. The van der Waals surface area contributed by atoms with Crippen LogP contribution in [0.15, 0.2) is 48.5 Å². The summed E-state index contributed by atoms with van der Waals surface area (Å²) in [5, 5.41) is 2.95. The van der Waals surface area contributed by atoms with E-state index in [1.54, 1.807) is 0 Å². The van der Waals surface area contributed by atoms with Crippen LogP contribution < -0.4 is 9.62 Å². The molecule has 1 heterocycles. The highest BCUT2D eigenvalue weighted by molar-refractivity contribution is 7.92. The summed E-state index contributed by atoms with van der Waals surface area (Å²) in [6.45, 7) is 6.17. The number of aryl methyl sites for hydroxylation is 1. The number of anilines is 1. The molecule has 0 radical (unpaired) electrons. The van der Waals surface area contributed by atoms with Gasteiger partial charge in [0.1, 0.15) is 0 Å². The molecule has 1 aliphatic heterocycles. The molecule has 0 aromatic heterocycles. The number of carbonyl (C=O) groups excluding carboxylic acids is 1. The molecule has 180 valence electrons. The second-order valence-corrected chi connectivity index (χ2v) is 10.8. The third-order valence-corrected chi connectivity index (χ3v) is 7.36. The van der Waals surface area contributed by atoms with E-state index in [1.165, 1.54) is 48.5 Å². The van der Waals surface area contributed by atoms with E-state index < -0.39 is 10.0 Å². The van der Waals surface area contributed by atoms with Crippen LogP contribution in [0.1, 0.15) is 55.7 Å². The van der Waals surface area contributed by atoms with Gasteiger partial charge in [-0.3, -0.25) is 14.0 Å². The van der Waals surface area contributed by atoms with Crippen molar-refractivity contribution >= 4 is 21.6 Å². The van der Waals surface area contributed by atoms with E-state index in [9.17, 15) is 13.2 Å². The van der Waals surface area contributed by atoms with Gasteiger partial charge in [-0.2, -0.15) is 0 Å². The SMILES string of the molecule is CCc1ccc(N(CCCC(=O)NCc2ccc(CN3CCCCC3)cc2)S(C)(=O)=O)cc1. The zero-order valence-corrected chi connectivity index (χ0v) is 20.7. The molecule has 1 N–H and O–H groups in total. The third kappa shape index (κ3) is 8.16. The van der Waals surface area contributed by atoms with E-state index in [0.29, 0.717) is 18.7 Å². The number of nitrogens with one attached hydrogen (secondary N) is 1. The number of hydrogen-bond donors (Lipinski definition) is 1. The number of carbonyl (C=O) groups is 1. The number of benzene rings is 2. The first-order valence-electron chi connectivity index (χ1n) is 12.0. The summed E-state index contributed by atoms with van der Waals surface area (Å²) in [5.74, 6) is -0.0674. The quantitative estimate of drug-likeness (QED) is 0.536. The highest BCUT2D eigenvalue weighted by Gasteiger charge is 2.17. The Morgan fingerprint density at radius 3 is 2.15 bits per heavy atom. The summed E-state index contributed by atoms with van der Waals surface area (Å²) in [5.41, 5.74) is 4.17. The van der Waals surface area contributed by atoms with E-state index in [0.717, 1.165) is 24.1 Å². The number of likely N-dealkylation sites (tertiary alicyclic amines) is 1. The number of hydrogen-bond acceptors (Lipinski definition) is 4. The molecule has 1 fully saturated rings. The minimum Gasteiger partial charge on any atom is -0.352 e. The van der Waals surface area contributed by atoms with E-state index in [1.807, 2.05) is 24.3 Å². The van der Waals surface area contributed by atoms with E-state index >= 15 is 0 Å². The maximum absolute atomic E-state index is 12.3. The Balaban J connectivity index is 1.43. The Bertz CT molecular complexity index is 982. The highest BCUT2D eigenvalue weighted by Crippen LogP contribution is 2.19. The molecular weight excluding hydrogens is 434 g/mol. The Morgan fingerprint density at radius 1 is 0.939 bits per heavy atom. The molecule has 7 heteroatoms. The number of rotatable bonds is 11. The predicted octanol–water partition coefficient (Wildman–Crippen LogP) is 4.10. The molecule has 1 amide bonds. The minimum absolute atomic E-state index is 0.0674. The number of piperidine rings is 1. The van der Waals surface area contributed by atoms with Crippen LogP contribution in [0.25, 0.3) is 0 Å². The minimum atomic E-state index is -3.41. The van der Waals surface area contributed by atoms with Gasteiger partial charge in [-0.25, -0.2) is 8.42 Å². The smallest absolute Gasteiger partial charge is 0.232 e. The van der Waals surface area contributed by atoms with Crippen LogP contribution in [0, 0.1) is 0 Å². The summed E-state index contributed by atoms with van der Waals surface area (Å²) in [6.07, 6.45) is 6.77. The Morgan fingerprint density at radius 2 is 1.55 bits per heavy atom. The van der Waals surface area contributed by atoms with Crippen LogP contribution in [0.5, 0.6) is 0 Å². The van der Waals surface area contributed by atoms with Crippen molar-refractivity contribution in [1.29, 1.82) is 0 Å². The molecule has 2 aromatic rings. The van der Waals surface area contributed by atoms with Crippen molar-refractivity contribution in [2.45, 2.75) is 58.5 Å². The molecule has 6 nitrogen and oxygen atoms in total. The first-order chi connectivity index (χ1) is 15.8. The van der Waals surface area contributed by atoms with Crippen LogP contribution >= 0.6 is 0 Å². The topological polar surface area (TPSA) is 69.7 Å². The molecule has 3 rings (SSSR count). The molecule has 0 aliphatic carbocycles. The zero-order valence-electron chi connectivity index (χ0n) is 19.9. The van der Waals surface area contributed by atoms with E-state index in [4.69, 9.17) is 0 Å². The maximum Gasteiger partial charge on any atom is 0.232 e. The molecule has 33 heavy (non-hydrogen) atoms. The van der Waals surface area contributed by atoms with Crippen molar-refractivity contribution in [3.63, 3.8) is 0 Å². The van der Waals surface area contributed by atoms with Gasteiger partial charge in [0.15, 0.2) is 0 Å². The normalized spacial score (nSPS) is 14.7. The fourth-order valence-corrected chi connectivity index (χ4v) is 5.16. The largest absolute Gasteiger partial charge is 0.352 e. The number of amides is 1. The molecule has 1 saturated heterocycles. The van der Waals surface area contributed by atoms with E-state index in [-0.39, 0.29) is 18.9 Å². The van der Waals surface area contributed by atoms with Crippen molar-refractivity contribution in [2.24, 2.45) is 0 Å². The lowest BCUT2D eigenvalue weighted by atomic mass is 10.1.